The van der Waals surface area contributed by atoms with Crippen molar-refractivity contribution in [2.24, 2.45) is 17.6 Å². The third kappa shape index (κ3) is 6.95. The van der Waals surface area contributed by atoms with Gasteiger partial charge in [-0.15, -0.1) is 0 Å². The van der Waals surface area contributed by atoms with Crippen molar-refractivity contribution in [2.75, 3.05) is 7.11 Å². The summed E-state index contributed by atoms with van der Waals surface area (Å²) in [4.78, 5) is 60.9. The molecule has 4 heterocycles. The summed E-state index contributed by atoms with van der Waals surface area (Å²) in [5.74, 6) is 1.36. The lowest BCUT2D eigenvalue weighted by Crippen LogP contribution is -2.26. The SMILES string of the molecule is CC1Cc2nc3cc(Br)ccc3c(=O)n2C1.CO.N.NC(=O)C1Cc2nc3cc(Br)ccc3c(=O)n2C1.O=C=O. The molecule has 0 spiro atoms. The molecular formula is C26H28Br2N6O6. The van der Waals surface area contributed by atoms with E-state index in [1.807, 2.05) is 18.2 Å². The number of rotatable bonds is 1. The van der Waals surface area contributed by atoms with Crippen LogP contribution in [0.3, 0.4) is 0 Å². The van der Waals surface area contributed by atoms with Gasteiger partial charge in [-0.05, 0) is 42.3 Å². The van der Waals surface area contributed by atoms with Crippen molar-refractivity contribution in [1.29, 1.82) is 0 Å². The summed E-state index contributed by atoms with van der Waals surface area (Å²) in [5.41, 5.74) is 6.71. The second-order valence-electron chi connectivity index (χ2n) is 8.91. The monoisotopic (exact) mass is 678 g/mol. The molecule has 0 fully saturated rings. The van der Waals surface area contributed by atoms with Crippen LogP contribution in [0.5, 0.6) is 0 Å². The first-order chi connectivity index (χ1) is 18.6. The number of amides is 1. The minimum absolute atomic E-state index is 0. The van der Waals surface area contributed by atoms with Crippen molar-refractivity contribution in [1.82, 2.24) is 25.3 Å². The number of nitrogens with zero attached hydrogens (tertiary/aromatic N) is 4. The average molecular weight is 680 g/mol. The predicted octanol–water partition coefficient (Wildman–Crippen LogP) is 2.35. The summed E-state index contributed by atoms with van der Waals surface area (Å²) >= 11 is 6.75. The maximum atomic E-state index is 12.3. The number of primary amides is 1. The molecule has 12 nitrogen and oxygen atoms in total. The summed E-state index contributed by atoms with van der Waals surface area (Å²) < 4.78 is 5.19. The smallest absolute Gasteiger partial charge is 0.373 e. The molecule has 2 aliphatic heterocycles. The third-order valence-electron chi connectivity index (χ3n) is 6.25. The number of aromatic nitrogens is 4. The Hall–Kier alpha value is -3.55. The van der Waals surface area contributed by atoms with E-state index in [1.54, 1.807) is 27.3 Å². The van der Waals surface area contributed by atoms with Gasteiger partial charge in [0, 0.05) is 42.0 Å². The molecular weight excluding hydrogens is 652 g/mol. The maximum Gasteiger partial charge on any atom is 0.373 e. The maximum absolute atomic E-state index is 12.3. The Kier molecular flexibility index (Phi) is 11.6. The second-order valence-corrected chi connectivity index (χ2v) is 10.7. The average Bonchev–Trinajstić information content (AvgIpc) is 3.50. The number of benzene rings is 2. The summed E-state index contributed by atoms with van der Waals surface area (Å²) in [7, 11) is 1.00. The number of fused-ring (bicyclic) bond motifs is 4. The van der Waals surface area contributed by atoms with E-state index < -0.39 is 0 Å². The molecule has 0 aliphatic carbocycles. The lowest BCUT2D eigenvalue weighted by atomic mass is 10.1. The molecule has 0 radical (unpaired) electrons. The summed E-state index contributed by atoms with van der Waals surface area (Å²) in [5, 5.41) is 8.27. The van der Waals surface area contributed by atoms with E-state index >= 15 is 0 Å². The van der Waals surface area contributed by atoms with Gasteiger partial charge in [-0.2, -0.15) is 9.59 Å². The quantitative estimate of drug-likeness (QED) is 0.270. The van der Waals surface area contributed by atoms with Crippen LogP contribution in [0, 0.1) is 11.8 Å². The molecule has 6 N–H and O–H groups in total. The number of carbonyl (C=O) groups excluding carboxylic acids is 3. The number of carbonyl (C=O) groups is 1. The van der Waals surface area contributed by atoms with Crippen LogP contribution < -0.4 is 23.0 Å². The van der Waals surface area contributed by atoms with Crippen LogP contribution in [-0.4, -0.2) is 43.4 Å². The highest BCUT2D eigenvalue weighted by molar-refractivity contribution is 9.10. The Balaban J connectivity index is 0.000000238. The molecule has 2 unspecified atom stereocenters. The first kappa shape index (κ1) is 32.7. The molecule has 6 rings (SSSR count). The fraction of sp³-hybridized carbons (Fsp3) is 0.308. The van der Waals surface area contributed by atoms with Crippen molar-refractivity contribution in [3.63, 3.8) is 0 Å². The summed E-state index contributed by atoms with van der Waals surface area (Å²) in [6.07, 6.45) is 1.59. The second kappa shape index (κ2) is 14.2. The van der Waals surface area contributed by atoms with E-state index in [4.69, 9.17) is 20.4 Å². The third-order valence-corrected chi connectivity index (χ3v) is 7.24. The molecule has 2 aromatic heterocycles. The van der Waals surface area contributed by atoms with Gasteiger partial charge in [-0.3, -0.25) is 23.5 Å². The molecule has 2 aliphatic rings. The van der Waals surface area contributed by atoms with Crippen molar-refractivity contribution < 1.29 is 19.5 Å². The number of halogens is 2. The molecule has 212 valence electrons. The number of hydrogen-bond acceptors (Lipinski definition) is 9. The molecule has 2 aromatic carbocycles. The van der Waals surface area contributed by atoms with Crippen LogP contribution in [0.1, 0.15) is 18.6 Å². The summed E-state index contributed by atoms with van der Waals surface area (Å²) in [6, 6.07) is 11.0. The van der Waals surface area contributed by atoms with Gasteiger partial charge in [0.15, 0.2) is 0 Å². The van der Waals surface area contributed by atoms with Gasteiger partial charge in [-0.1, -0.05) is 38.8 Å². The molecule has 40 heavy (non-hydrogen) atoms. The zero-order chi connectivity index (χ0) is 28.9. The van der Waals surface area contributed by atoms with Crippen molar-refractivity contribution >= 4 is 65.7 Å². The van der Waals surface area contributed by atoms with E-state index in [-0.39, 0.29) is 35.2 Å². The lowest BCUT2D eigenvalue weighted by Gasteiger charge is -2.04. The van der Waals surface area contributed by atoms with Gasteiger partial charge in [0.1, 0.15) is 11.6 Å². The molecule has 0 saturated heterocycles. The number of nitrogens with two attached hydrogens (primary N) is 1. The van der Waals surface area contributed by atoms with Crippen LogP contribution in [0.25, 0.3) is 21.8 Å². The normalized spacial score (nSPS) is 16.0. The Morgan fingerprint density at radius 1 is 0.900 bits per heavy atom. The van der Waals surface area contributed by atoms with Crippen LogP contribution in [0.2, 0.25) is 0 Å². The lowest BCUT2D eigenvalue weighted by molar-refractivity contribution is -0.191. The van der Waals surface area contributed by atoms with Gasteiger partial charge in [0.25, 0.3) is 11.1 Å². The molecule has 14 heteroatoms. The molecule has 1 amide bonds. The van der Waals surface area contributed by atoms with Gasteiger partial charge in [0.2, 0.25) is 5.91 Å². The minimum atomic E-state index is -0.384. The van der Waals surface area contributed by atoms with E-state index in [2.05, 4.69) is 48.8 Å². The molecule has 0 bridgehead atoms. The molecule has 0 saturated carbocycles. The van der Waals surface area contributed by atoms with Gasteiger partial charge < -0.3 is 17.0 Å². The highest BCUT2D eigenvalue weighted by atomic mass is 79.9. The van der Waals surface area contributed by atoms with Crippen LogP contribution in [0.4, 0.5) is 0 Å². The Bertz CT molecular complexity index is 1700. The van der Waals surface area contributed by atoms with Crippen LogP contribution in [-0.2, 0) is 40.3 Å². The standard InChI is InChI=1S/C12H10BrN3O2.C12H11BrN2O.CO2.CH4O.H3N/c13-7-1-2-8-9(4-7)15-10-3-6(11(14)17)5-16(10)12(8)18;1-7-4-11-14-10-5-8(13)2-3-9(10)12(16)15(11)6-7;2-1-3;1-2;/h1-2,4,6H,3,5H2,(H2,14,17);2-3,5,7H,4,6H2,1H3;;2H,1H3;1H3. The Morgan fingerprint density at radius 2 is 1.32 bits per heavy atom. The zero-order valence-corrected chi connectivity index (χ0v) is 24.9. The number of aliphatic hydroxyl groups excluding tert-OH is 1. The largest absolute Gasteiger partial charge is 0.400 e. The van der Waals surface area contributed by atoms with Gasteiger partial charge in [0.05, 0.1) is 27.7 Å². The highest BCUT2D eigenvalue weighted by Gasteiger charge is 2.28. The van der Waals surface area contributed by atoms with E-state index in [0.29, 0.717) is 41.0 Å². The van der Waals surface area contributed by atoms with Crippen LogP contribution >= 0.6 is 31.9 Å². The van der Waals surface area contributed by atoms with Gasteiger partial charge >= 0.3 is 6.15 Å². The number of hydrogen-bond donors (Lipinski definition) is 3. The Labute approximate surface area is 245 Å². The summed E-state index contributed by atoms with van der Waals surface area (Å²) in [6.45, 7) is 3.28. The fourth-order valence-corrected chi connectivity index (χ4v) is 5.25. The molecule has 2 atom stereocenters. The van der Waals surface area contributed by atoms with Crippen LogP contribution in [0.15, 0.2) is 54.9 Å². The van der Waals surface area contributed by atoms with Crippen molar-refractivity contribution in [3.8, 4) is 0 Å². The van der Waals surface area contributed by atoms with E-state index in [0.717, 1.165) is 40.4 Å². The van der Waals surface area contributed by atoms with Gasteiger partial charge in [-0.25, -0.2) is 9.97 Å². The van der Waals surface area contributed by atoms with Crippen molar-refractivity contribution in [3.05, 3.63) is 77.7 Å². The first-order valence-electron chi connectivity index (χ1n) is 11.7. The van der Waals surface area contributed by atoms with E-state index in [9.17, 15) is 14.4 Å². The predicted molar refractivity (Wildman–Crippen MR) is 155 cm³/mol. The van der Waals surface area contributed by atoms with Crippen molar-refractivity contribution in [2.45, 2.75) is 32.9 Å². The minimum Gasteiger partial charge on any atom is -0.400 e. The topological polar surface area (TPSA) is 202 Å². The Morgan fingerprint density at radius 3 is 1.77 bits per heavy atom. The fourth-order valence-electron chi connectivity index (χ4n) is 4.55. The van der Waals surface area contributed by atoms with E-state index in [1.165, 1.54) is 0 Å². The zero-order valence-electron chi connectivity index (χ0n) is 21.8. The first-order valence-corrected chi connectivity index (χ1v) is 13.3. The highest BCUT2D eigenvalue weighted by Crippen LogP contribution is 2.22. The number of aliphatic hydroxyl groups is 1. The molecule has 4 aromatic rings.